The molecule has 0 saturated heterocycles. The van der Waals surface area contributed by atoms with Gasteiger partial charge in [-0.2, -0.15) is 0 Å². The van der Waals surface area contributed by atoms with Gasteiger partial charge >= 0.3 is 0 Å². The Bertz CT molecular complexity index is 540. The molecule has 0 aliphatic heterocycles. The monoisotopic (exact) mass is 344 g/mol. The second-order valence-corrected chi connectivity index (χ2v) is 6.79. The molecule has 0 saturated carbocycles. The van der Waals surface area contributed by atoms with Gasteiger partial charge in [0.15, 0.2) is 0 Å². The summed E-state index contributed by atoms with van der Waals surface area (Å²) in [4.78, 5) is 1.12. The van der Waals surface area contributed by atoms with Gasteiger partial charge < -0.3 is 8.92 Å². The largest absolute Gasteiger partial charge is 0.494 e. The molecule has 2 aromatic rings. The van der Waals surface area contributed by atoms with E-state index in [0.29, 0.717) is 6.61 Å². The van der Waals surface area contributed by atoms with Crippen LogP contribution < -0.4 is 4.74 Å². The molecule has 0 heterocycles. The first kappa shape index (κ1) is 18.9. The van der Waals surface area contributed by atoms with E-state index in [2.05, 4.69) is 19.1 Å². The fourth-order valence-corrected chi connectivity index (χ4v) is 3.00. The molecule has 0 spiro atoms. The maximum absolute atomic E-state index is 5.80. The van der Waals surface area contributed by atoms with Crippen molar-refractivity contribution in [3.05, 3.63) is 60.2 Å². The molecule has 0 aliphatic carbocycles. The van der Waals surface area contributed by atoms with Crippen LogP contribution in [-0.4, -0.2) is 6.61 Å². The topological polar surface area (TPSA) is 18.5 Å². The van der Waals surface area contributed by atoms with Gasteiger partial charge in [-0.05, 0) is 36.2 Å². The van der Waals surface area contributed by atoms with E-state index < -0.39 is 0 Å². The number of unbranched alkanes of at least 4 members (excludes halogenated alkanes) is 5. The number of rotatable bonds is 12. The van der Waals surface area contributed by atoms with Crippen molar-refractivity contribution < 1.29 is 8.92 Å². The normalized spacial score (nSPS) is 10.7. The maximum atomic E-state index is 5.80. The van der Waals surface area contributed by atoms with Crippen LogP contribution in [0.15, 0.2) is 59.5 Å². The van der Waals surface area contributed by atoms with Crippen molar-refractivity contribution in [2.75, 3.05) is 6.61 Å². The van der Waals surface area contributed by atoms with Crippen molar-refractivity contribution in [3.8, 4) is 5.75 Å². The van der Waals surface area contributed by atoms with Gasteiger partial charge in [-0.3, -0.25) is 0 Å². The van der Waals surface area contributed by atoms with Crippen molar-refractivity contribution in [1.82, 2.24) is 0 Å². The quantitative estimate of drug-likeness (QED) is 0.317. The first-order chi connectivity index (χ1) is 11.9. The van der Waals surface area contributed by atoms with Gasteiger partial charge in [0.1, 0.15) is 5.75 Å². The Kier molecular flexibility index (Phi) is 9.43. The summed E-state index contributed by atoms with van der Waals surface area (Å²) in [5.74, 6) is 0.947. The molecular weight excluding hydrogens is 316 g/mol. The van der Waals surface area contributed by atoms with E-state index in [4.69, 9.17) is 8.92 Å². The minimum atomic E-state index is 0.595. The third-order valence-corrected chi connectivity index (χ3v) is 4.51. The highest BCUT2D eigenvalue weighted by Crippen LogP contribution is 2.21. The number of hydrogen-bond donors (Lipinski definition) is 0. The van der Waals surface area contributed by atoms with Gasteiger partial charge in [0, 0.05) is 16.9 Å². The molecule has 2 aromatic carbocycles. The van der Waals surface area contributed by atoms with Crippen LogP contribution in [0.5, 0.6) is 5.75 Å². The number of ether oxygens (including phenoxy) is 1. The summed E-state index contributed by atoms with van der Waals surface area (Å²) in [5.41, 5.74) is 1.16. The fraction of sp³-hybridized carbons (Fsp3) is 0.429. The summed E-state index contributed by atoms with van der Waals surface area (Å²) in [5, 5.41) is 0. The Morgan fingerprint density at radius 2 is 1.50 bits per heavy atom. The first-order valence-electron chi connectivity index (χ1n) is 8.94. The lowest BCUT2D eigenvalue weighted by Gasteiger charge is -2.07. The molecule has 130 valence electrons. The zero-order valence-electron chi connectivity index (χ0n) is 14.6. The fourth-order valence-electron chi connectivity index (χ4n) is 2.40. The van der Waals surface area contributed by atoms with E-state index in [1.807, 2.05) is 42.5 Å². The van der Waals surface area contributed by atoms with E-state index in [-0.39, 0.29) is 0 Å². The molecule has 2 nitrogen and oxygen atoms in total. The van der Waals surface area contributed by atoms with Gasteiger partial charge in [-0.1, -0.05) is 69.4 Å². The lowest BCUT2D eigenvalue weighted by atomic mass is 10.1. The predicted molar refractivity (Wildman–Crippen MR) is 102 cm³/mol. The van der Waals surface area contributed by atoms with Crippen LogP contribution in [0.3, 0.4) is 0 Å². The third kappa shape index (κ3) is 7.89. The maximum Gasteiger partial charge on any atom is 0.119 e. The Hall–Kier alpha value is -1.45. The summed E-state index contributed by atoms with van der Waals surface area (Å²) in [7, 11) is 0. The van der Waals surface area contributed by atoms with Gasteiger partial charge in [-0.25, -0.2) is 0 Å². The molecule has 0 bridgehead atoms. The SMILES string of the molecule is CCCCCCCCOc1ccc(COSc2ccccc2)cc1. The van der Waals surface area contributed by atoms with Crippen LogP contribution in [-0.2, 0) is 10.8 Å². The third-order valence-electron chi connectivity index (χ3n) is 3.81. The van der Waals surface area contributed by atoms with Crippen molar-refractivity contribution in [3.63, 3.8) is 0 Å². The van der Waals surface area contributed by atoms with Crippen LogP contribution in [0.4, 0.5) is 0 Å². The van der Waals surface area contributed by atoms with Crippen molar-refractivity contribution in [2.24, 2.45) is 0 Å². The van der Waals surface area contributed by atoms with Crippen LogP contribution in [0.25, 0.3) is 0 Å². The summed E-state index contributed by atoms with van der Waals surface area (Å²) in [6.45, 7) is 3.65. The zero-order chi connectivity index (χ0) is 16.9. The molecule has 0 aliphatic rings. The van der Waals surface area contributed by atoms with E-state index in [1.54, 1.807) is 0 Å². The Morgan fingerprint density at radius 3 is 2.25 bits per heavy atom. The molecule has 2 rings (SSSR count). The molecule has 0 atom stereocenters. The van der Waals surface area contributed by atoms with Crippen LogP contribution in [0, 0.1) is 0 Å². The molecule has 3 heteroatoms. The highest BCUT2D eigenvalue weighted by atomic mass is 32.2. The van der Waals surface area contributed by atoms with Gasteiger partial charge in [-0.15, -0.1) is 0 Å². The van der Waals surface area contributed by atoms with Crippen molar-refractivity contribution >= 4 is 12.0 Å². The van der Waals surface area contributed by atoms with Gasteiger partial charge in [0.2, 0.25) is 0 Å². The van der Waals surface area contributed by atoms with Crippen LogP contribution >= 0.6 is 12.0 Å². The molecule has 24 heavy (non-hydrogen) atoms. The Balaban J connectivity index is 1.58. The lowest BCUT2D eigenvalue weighted by Crippen LogP contribution is -1.97. The summed E-state index contributed by atoms with van der Waals surface area (Å²) >= 11 is 1.41. The van der Waals surface area contributed by atoms with Gasteiger partial charge in [0.25, 0.3) is 0 Å². The van der Waals surface area contributed by atoms with Crippen LogP contribution in [0.2, 0.25) is 0 Å². The molecule has 0 aromatic heterocycles. The van der Waals surface area contributed by atoms with E-state index in [0.717, 1.165) is 29.2 Å². The predicted octanol–water partition coefficient (Wildman–Crippen LogP) is 6.65. The minimum absolute atomic E-state index is 0.595. The smallest absolute Gasteiger partial charge is 0.119 e. The molecule has 0 radical (unpaired) electrons. The Morgan fingerprint density at radius 1 is 0.792 bits per heavy atom. The second-order valence-electron chi connectivity index (χ2n) is 5.92. The molecule has 0 fully saturated rings. The van der Waals surface area contributed by atoms with Crippen molar-refractivity contribution in [1.29, 1.82) is 0 Å². The number of hydrogen-bond acceptors (Lipinski definition) is 3. The van der Waals surface area contributed by atoms with E-state index >= 15 is 0 Å². The molecule has 0 N–H and O–H groups in total. The molecular formula is C21H28O2S. The minimum Gasteiger partial charge on any atom is -0.494 e. The summed E-state index contributed by atoms with van der Waals surface area (Å²) < 4.78 is 11.5. The molecule has 0 unspecified atom stereocenters. The van der Waals surface area contributed by atoms with E-state index in [9.17, 15) is 0 Å². The standard InChI is InChI=1S/C21H28O2S/c1-2-3-4-5-6-10-17-22-20-15-13-19(14-16-20)18-23-24-21-11-8-7-9-12-21/h7-9,11-16H,2-6,10,17-18H2,1H3. The average molecular weight is 345 g/mol. The highest BCUT2D eigenvalue weighted by molar-refractivity contribution is 7.94. The number of benzene rings is 2. The Labute approximate surface area is 150 Å². The summed E-state index contributed by atoms with van der Waals surface area (Å²) in [6, 6.07) is 18.3. The summed E-state index contributed by atoms with van der Waals surface area (Å²) in [6.07, 6.45) is 7.74. The zero-order valence-corrected chi connectivity index (χ0v) is 15.4. The lowest BCUT2D eigenvalue weighted by molar-refractivity contribution is 0.304. The van der Waals surface area contributed by atoms with Crippen molar-refractivity contribution in [2.45, 2.75) is 57.0 Å². The highest BCUT2D eigenvalue weighted by Gasteiger charge is 1.98. The average Bonchev–Trinajstić information content (AvgIpc) is 2.63. The first-order valence-corrected chi connectivity index (χ1v) is 9.69. The second kappa shape index (κ2) is 12.0. The van der Waals surface area contributed by atoms with Crippen LogP contribution in [0.1, 0.15) is 51.0 Å². The van der Waals surface area contributed by atoms with E-state index in [1.165, 1.54) is 44.1 Å². The van der Waals surface area contributed by atoms with Gasteiger partial charge in [0.05, 0.1) is 13.2 Å². The molecule has 0 amide bonds.